The minimum atomic E-state index is 0.387. The molecule has 1 aliphatic heterocycles. The highest BCUT2D eigenvalue weighted by Crippen LogP contribution is 2.24. The number of para-hydroxylation sites is 2. The van der Waals surface area contributed by atoms with E-state index in [2.05, 4.69) is 27.3 Å². The molecule has 1 saturated heterocycles. The van der Waals surface area contributed by atoms with E-state index in [9.17, 15) is 0 Å². The number of nitrogen functional groups attached to an aromatic ring is 1. The first-order valence-electron chi connectivity index (χ1n) is 7.98. The molecule has 1 aromatic carbocycles. The molecule has 1 aliphatic rings. The summed E-state index contributed by atoms with van der Waals surface area (Å²) >= 11 is 0. The van der Waals surface area contributed by atoms with Crippen molar-refractivity contribution in [2.45, 2.75) is 12.8 Å². The smallest absolute Gasteiger partial charge is 0.0645 e. The number of anilines is 3. The number of nitrogens with two attached hydrogens (primary N) is 1. The molecule has 0 spiro atoms. The number of benzene rings is 1. The van der Waals surface area contributed by atoms with E-state index in [0.29, 0.717) is 17.6 Å². The zero-order chi connectivity index (χ0) is 15.4. The topological polar surface area (TPSA) is 54.2 Å². The average Bonchev–Trinajstić information content (AvgIpc) is 2.57. The highest BCUT2D eigenvalue weighted by Gasteiger charge is 2.19. The number of rotatable bonds is 4. The van der Waals surface area contributed by atoms with E-state index in [1.165, 1.54) is 5.69 Å². The van der Waals surface area contributed by atoms with Gasteiger partial charge in [0.1, 0.15) is 0 Å². The maximum atomic E-state index is 7.73. The van der Waals surface area contributed by atoms with Gasteiger partial charge < -0.3 is 16.0 Å². The summed E-state index contributed by atoms with van der Waals surface area (Å²) in [4.78, 5) is 6.48. The van der Waals surface area contributed by atoms with Gasteiger partial charge >= 0.3 is 0 Å². The second-order valence-electron chi connectivity index (χ2n) is 5.51. The van der Waals surface area contributed by atoms with Crippen molar-refractivity contribution < 1.29 is 1.37 Å². The van der Waals surface area contributed by atoms with Crippen LogP contribution < -0.4 is 16.0 Å². The molecular formula is C17H22N4. The van der Waals surface area contributed by atoms with Crippen LogP contribution in [0, 0.1) is 5.92 Å². The Kier molecular flexibility index (Phi) is 3.86. The molecule has 2 aromatic rings. The maximum Gasteiger partial charge on any atom is 0.0645 e. The van der Waals surface area contributed by atoms with Crippen molar-refractivity contribution in [1.29, 1.82) is 0 Å². The minimum absolute atomic E-state index is 0.387. The van der Waals surface area contributed by atoms with Crippen molar-refractivity contribution in [2.75, 3.05) is 35.6 Å². The molecule has 0 aliphatic carbocycles. The quantitative estimate of drug-likeness (QED) is 0.847. The Morgan fingerprint density at radius 3 is 2.76 bits per heavy atom. The standard InChI is InChI=1S/C17H22N4/c18-16-3-1-2-4-17(16)20-13-14-7-11-21(12-8-14)15-5-9-19-10-6-15/h1-6,9-10,14,20H,7-8,11-13,18H2/i3D. The van der Waals surface area contributed by atoms with Crippen molar-refractivity contribution in [3.8, 4) is 0 Å². The first-order valence-corrected chi connectivity index (χ1v) is 7.48. The van der Waals surface area contributed by atoms with Crippen molar-refractivity contribution in [2.24, 2.45) is 5.92 Å². The van der Waals surface area contributed by atoms with E-state index in [4.69, 9.17) is 7.10 Å². The normalized spacial score (nSPS) is 16.6. The fourth-order valence-electron chi connectivity index (χ4n) is 2.81. The summed E-state index contributed by atoms with van der Waals surface area (Å²) in [5.41, 5.74) is 8.61. The van der Waals surface area contributed by atoms with Crippen LogP contribution in [0.2, 0.25) is 0 Å². The summed E-state index contributed by atoms with van der Waals surface area (Å²) in [5, 5.41) is 3.40. The lowest BCUT2D eigenvalue weighted by molar-refractivity contribution is 0.423. The van der Waals surface area contributed by atoms with Gasteiger partial charge in [-0.25, -0.2) is 0 Å². The van der Waals surface area contributed by atoms with Gasteiger partial charge in [0.2, 0.25) is 0 Å². The highest BCUT2D eigenvalue weighted by molar-refractivity contribution is 5.65. The molecule has 0 atom stereocenters. The van der Waals surface area contributed by atoms with Crippen LogP contribution in [0.25, 0.3) is 0 Å². The third kappa shape index (κ3) is 3.45. The first-order chi connectivity index (χ1) is 10.7. The lowest BCUT2D eigenvalue weighted by atomic mass is 9.96. The van der Waals surface area contributed by atoms with Crippen LogP contribution in [0.4, 0.5) is 17.1 Å². The van der Waals surface area contributed by atoms with Crippen LogP contribution in [0.3, 0.4) is 0 Å². The molecule has 3 N–H and O–H groups in total. The molecule has 21 heavy (non-hydrogen) atoms. The molecular weight excluding hydrogens is 260 g/mol. The van der Waals surface area contributed by atoms with Gasteiger partial charge in [-0.3, -0.25) is 4.98 Å². The highest BCUT2D eigenvalue weighted by atomic mass is 15.1. The third-order valence-corrected chi connectivity index (χ3v) is 4.11. The molecule has 0 bridgehead atoms. The van der Waals surface area contributed by atoms with Gasteiger partial charge in [0.15, 0.2) is 0 Å². The van der Waals surface area contributed by atoms with E-state index >= 15 is 0 Å². The summed E-state index contributed by atoms with van der Waals surface area (Å²) in [6.07, 6.45) is 6.02. The molecule has 0 unspecified atom stereocenters. The molecule has 0 radical (unpaired) electrons. The predicted molar refractivity (Wildman–Crippen MR) is 88.5 cm³/mol. The number of hydrogen-bond donors (Lipinski definition) is 2. The lowest BCUT2D eigenvalue weighted by Gasteiger charge is -2.33. The van der Waals surface area contributed by atoms with Crippen LogP contribution in [0.5, 0.6) is 0 Å². The molecule has 2 heterocycles. The summed E-state index contributed by atoms with van der Waals surface area (Å²) in [6.45, 7) is 3.06. The summed E-state index contributed by atoms with van der Waals surface area (Å²) in [7, 11) is 0. The number of nitrogens with zero attached hydrogens (tertiary/aromatic N) is 2. The maximum absolute atomic E-state index is 7.73. The van der Waals surface area contributed by atoms with Gasteiger partial charge in [-0.2, -0.15) is 0 Å². The molecule has 0 amide bonds. The van der Waals surface area contributed by atoms with Gasteiger partial charge in [-0.05, 0) is 43.0 Å². The Labute approximate surface area is 127 Å². The van der Waals surface area contributed by atoms with Crippen molar-refractivity contribution in [3.63, 3.8) is 0 Å². The Morgan fingerprint density at radius 2 is 2.00 bits per heavy atom. The van der Waals surface area contributed by atoms with Crippen molar-refractivity contribution in [1.82, 2.24) is 4.98 Å². The van der Waals surface area contributed by atoms with E-state index in [0.717, 1.165) is 38.2 Å². The minimum Gasteiger partial charge on any atom is -0.397 e. The van der Waals surface area contributed by atoms with Crippen LogP contribution in [-0.2, 0) is 0 Å². The average molecular weight is 283 g/mol. The molecule has 110 valence electrons. The molecule has 3 rings (SSSR count). The fourth-order valence-corrected chi connectivity index (χ4v) is 2.81. The number of piperidine rings is 1. The zero-order valence-electron chi connectivity index (χ0n) is 13.1. The van der Waals surface area contributed by atoms with Gasteiger partial charge in [-0.15, -0.1) is 0 Å². The van der Waals surface area contributed by atoms with Gasteiger partial charge in [-0.1, -0.05) is 12.1 Å². The second kappa shape index (κ2) is 6.48. The molecule has 1 aromatic heterocycles. The molecule has 4 nitrogen and oxygen atoms in total. The van der Waals surface area contributed by atoms with E-state index in [1.54, 1.807) is 6.07 Å². The zero-order valence-corrected chi connectivity index (χ0v) is 12.1. The Balaban J connectivity index is 1.51. The van der Waals surface area contributed by atoms with Gasteiger partial charge in [0, 0.05) is 37.7 Å². The van der Waals surface area contributed by atoms with Gasteiger partial charge in [0.25, 0.3) is 0 Å². The number of hydrogen-bond acceptors (Lipinski definition) is 4. The predicted octanol–water partition coefficient (Wildman–Crippen LogP) is 2.99. The molecule has 1 fully saturated rings. The number of pyridine rings is 1. The van der Waals surface area contributed by atoms with Gasteiger partial charge in [0.05, 0.1) is 12.7 Å². The summed E-state index contributed by atoms with van der Waals surface area (Å²) in [6, 6.07) is 10.1. The van der Waals surface area contributed by atoms with Crippen LogP contribution in [0.1, 0.15) is 14.2 Å². The lowest BCUT2D eigenvalue weighted by Crippen LogP contribution is -2.35. The number of aromatic nitrogens is 1. The number of nitrogens with one attached hydrogen (secondary N) is 1. The van der Waals surface area contributed by atoms with Crippen molar-refractivity contribution in [3.05, 3.63) is 48.8 Å². The van der Waals surface area contributed by atoms with E-state index in [1.807, 2.05) is 24.5 Å². The monoisotopic (exact) mass is 283 g/mol. The SMILES string of the molecule is [2H]c1cccc(NCC2CCN(c3ccncc3)CC2)c1N. The third-order valence-electron chi connectivity index (χ3n) is 4.11. The summed E-state index contributed by atoms with van der Waals surface area (Å²) < 4.78 is 7.73. The summed E-state index contributed by atoms with van der Waals surface area (Å²) in [5.74, 6) is 0.645. The Bertz CT molecular complexity index is 609. The van der Waals surface area contributed by atoms with Crippen LogP contribution in [-0.4, -0.2) is 24.6 Å². The Hall–Kier alpha value is -2.23. The second-order valence-corrected chi connectivity index (χ2v) is 5.51. The van der Waals surface area contributed by atoms with E-state index in [-0.39, 0.29) is 0 Å². The van der Waals surface area contributed by atoms with Crippen molar-refractivity contribution >= 4 is 17.1 Å². The fraction of sp³-hybridized carbons (Fsp3) is 0.353. The van der Waals surface area contributed by atoms with Crippen LogP contribution >= 0.6 is 0 Å². The van der Waals surface area contributed by atoms with Crippen LogP contribution in [0.15, 0.2) is 48.8 Å². The molecule has 0 saturated carbocycles. The largest absolute Gasteiger partial charge is 0.397 e. The van der Waals surface area contributed by atoms with E-state index < -0.39 is 0 Å². The first kappa shape index (κ1) is 12.5. The Morgan fingerprint density at radius 1 is 1.24 bits per heavy atom. The molecule has 4 heteroatoms.